The van der Waals surface area contributed by atoms with Crippen molar-refractivity contribution in [2.24, 2.45) is 5.92 Å². The quantitative estimate of drug-likeness (QED) is 0.685. The van der Waals surface area contributed by atoms with Crippen molar-refractivity contribution in [3.05, 3.63) is 23.1 Å². The van der Waals surface area contributed by atoms with Gasteiger partial charge in [-0.2, -0.15) is 8.42 Å². The lowest BCUT2D eigenvalue weighted by atomic mass is 10.0. The molecule has 4 heteroatoms. The highest BCUT2D eigenvalue weighted by atomic mass is 32.2. The zero-order chi connectivity index (χ0) is 11.7. The average Bonchev–Trinajstić information content (AvgIpc) is 2.00. The fraction of sp³-hybridized carbons (Fsp3) is 0.636. The molecule has 1 unspecified atom stereocenters. The van der Waals surface area contributed by atoms with E-state index in [-0.39, 0.29) is 4.91 Å². The molecule has 0 aliphatic heterocycles. The summed E-state index contributed by atoms with van der Waals surface area (Å²) in [6, 6.07) is 0. The summed E-state index contributed by atoms with van der Waals surface area (Å²) in [5, 5.41) is 0. The van der Waals surface area contributed by atoms with Crippen molar-refractivity contribution in [1.29, 1.82) is 0 Å². The van der Waals surface area contributed by atoms with Gasteiger partial charge in [0.2, 0.25) is 0 Å². The van der Waals surface area contributed by atoms with Crippen LogP contribution in [0.3, 0.4) is 0 Å². The molecule has 1 atom stereocenters. The molecule has 0 aromatic carbocycles. The molecule has 0 N–H and O–H groups in total. The third kappa shape index (κ3) is 3.80. The zero-order valence-electron chi connectivity index (χ0n) is 9.65. The highest BCUT2D eigenvalue weighted by Gasteiger charge is 2.25. The standard InChI is InChI=1S/C11H18O3S/c1-9-5-7-10(8-6-9)15(12,13)14-11(2,3)4/h5,7-9H,6H2,1-4H3. The molecule has 0 radical (unpaired) electrons. The maximum atomic E-state index is 11.8. The predicted molar refractivity (Wildman–Crippen MR) is 60.8 cm³/mol. The molecule has 3 nitrogen and oxygen atoms in total. The molecule has 0 fully saturated rings. The molecule has 1 rings (SSSR count). The van der Waals surface area contributed by atoms with Gasteiger partial charge < -0.3 is 0 Å². The summed E-state index contributed by atoms with van der Waals surface area (Å²) in [5.74, 6) is 0.401. The van der Waals surface area contributed by atoms with Gasteiger partial charge in [0.25, 0.3) is 10.1 Å². The van der Waals surface area contributed by atoms with E-state index < -0.39 is 15.7 Å². The topological polar surface area (TPSA) is 43.4 Å². The molecule has 0 aromatic rings. The van der Waals surface area contributed by atoms with Gasteiger partial charge in [-0.15, -0.1) is 0 Å². The Bertz CT molecular complexity index is 383. The first-order valence-electron chi connectivity index (χ1n) is 5.05. The van der Waals surface area contributed by atoms with Crippen LogP contribution in [0.5, 0.6) is 0 Å². The van der Waals surface area contributed by atoms with Crippen LogP contribution in [0.15, 0.2) is 23.1 Å². The fourth-order valence-corrected chi connectivity index (χ4v) is 2.57. The van der Waals surface area contributed by atoms with Crippen LogP contribution in [-0.4, -0.2) is 14.0 Å². The minimum atomic E-state index is -3.59. The van der Waals surface area contributed by atoms with E-state index >= 15 is 0 Å². The number of allylic oxidation sites excluding steroid dienone is 3. The van der Waals surface area contributed by atoms with Crippen molar-refractivity contribution >= 4 is 10.1 Å². The maximum absolute atomic E-state index is 11.8. The SMILES string of the molecule is CC1C=CC(S(=O)(=O)OC(C)(C)C)=CC1. The van der Waals surface area contributed by atoms with E-state index in [1.807, 2.05) is 13.0 Å². The van der Waals surface area contributed by atoms with E-state index in [1.165, 1.54) is 0 Å². The van der Waals surface area contributed by atoms with Crippen molar-refractivity contribution in [2.45, 2.75) is 39.7 Å². The summed E-state index contributed by atoms with van der Waals surface area (Å²) in [5.41, 5.74) is -0.684. The van der Waals surface area contributed by atoms with E-state index in [9.17, 15) is 8.42 Å². The van der Waals surface area contributed by atoms with Gasteiger partial charge in [-0.3, -0.25) is 4.18 Å². The Hall–Kier alpha value is -0.610. The highest BCUT2D eigenvalue weighted by molar-refractivity contribution is 7.91. The highest BCUT2D eigenvalue weighted by Crippen LogP contribution is 2.24. The lowest BCUT2D eigenvalue weighted by molar-refractivity contribution is 0.142. The molecule has 86 valence electrons. The molecule has 0 amide bonds. The van der Waals surface area contributed by atoms with Gasteiger partial charge in [-0.25, -0.2) is 0 Å². The Morgan fingerprint density at radius 1 is 1.40 bits per heavy atom. The van der Waals surface area contributed by atoms with Crippen molar-refractivity contribution < 1.29 is 12.6 Å². The van der Waals surface area contributed by atoms with E-state index in [4.69, 9.17) is 4.18 Å². The van der Waals surface area contributed by atoms with Crippen LogP contribution in [-0.2, 0) is 14.3 Å². The van der Waals surface area contributed by atoms with Gasteiger partial charge in [0.05, 0.1) is 10.5 Å². The Kier molecular flexibility index (Phi) is 3.41. The number of hydrogen-bond acceptors (Lipinski definition) is 3. The smallest absolute Gasteiger partial charge is 0.261 e. The Balaban J connectivity index is 2.85. The first kappa shape index (κ1) is 12.5. The summed E-state index contributed by atoms with van der Waals surface area (Å²) in [7, 11) is -3.59. The minimum Gasteiger partial charge on any atom is -0.261 e. The fourth-order valence-electron chi connectivity index (χ4n) is 1.27. The minimum absolute atomic E-state index is 0.274. The monoisotopic (exact) mass is 230 g/mol. The summed E-state index contributed by atoms with van der Waals surface area (Å²) in [6.07, 6.45) is 5.97. The number of hydrogen-bond donors (Lipinski definition) is 0. The van der Waals surface area contributed by atoms with E-state index in [2.05, 4.69) is 0 Å². The lowest BCUT2D eigenvalue weighted by Crippen LogP contribution is -2.25. The lowest BCUT2D eigenvalue weighted by Gasteiger charge is -2.20. The second kappa shape index (κ2) is 4.10. The molecule has 1 aliphatic carbocycles. The van der Waals surface area contributed by atoms with E-state index in [0.717, 1.165) is 6.42 Å². The molecule has 1 aliphatic rings. The van der Waals surface area contributed by atoms with Gasteiger partial charge in [-0.05, 0) is 39.2 Å². The summed E-state index contributed by atoms with van der Waals surface area (Å²) >= 11 is 0. The van der Waals surface area contributed by atoms with E-state index in [0.29, 0.717) is 5.92 Å². The van der Waals surface area contributed by atoms with Crippen molar-refractivity contribution in [1.82, 2.24) is 0 Å². The molecular formula is C11H18O3S. The molecule has 0 saturated carbocycles. The van der Waals surface area contributed by atoms with Gasteiger partial charge >= 0.3 is 0 Å². The first-order chi connectivity index (χ1) is 6.71. The summed E-state index contributed by atoms with van der Waals surface area (Å²) in [4.78, 5) is 0.274. The Labute approximate surface area is 92.0 Å². The Morgan fingerprint density at radius 3 is 2.40 bits per heavy atom. The van der Waals surface area contributed by atoms with Crippen LogP contribution < -0.4 is 0 Å². The van der Waals surface area contributed by atoms with Crippen molar-refractivity contribution in [3.8, 4) is 0 Å². The molecule has 0 heterocycles. The van der Waals surface area contributed by atoms with Gasteiger partial charge in [0.1, 0.15) is 0 Å². The Morgan fingerprint density at radius 2 is 2.00 bits per heavy atom. The van der Waals surface area contributed by atoms with Crippen LogP contribution in [0, 0.1) is 5.92 Å². The zero-order valence-corrected chi connectivity index (χ0v) is 10.5. The molecule has 0 bridgehead atoms. The normalized spacial score (nSPS) is 22.7. The van der Waals surface area contributed by atoms with Gasteiger partial charge in [0.15, 0.2) is 0 Å². The van der Waals surface area contributed by atoms with Crippen molar-refractivity contribution in [2.75, 3.05) is 0 Å². The predicted octanol–water partition coefficient (Wildman–Crippen LogP) is 2.61. The maximum Gasteiger partial charge on any atom is 0.297 e. The van der Waals surface area contributed by atoms with Crippen LogP contribution in [0.2, 0.25) is 0 Å². The number of rotatable bonds is 2. The third-order valence-corrected chi connectivity index (χ3v) is 3.53. The largest absolute Gasteiger partial charge is 0.297 e. The molecular weight excluding hydrogens is 212 g/mol. The van der Waals surface area contributed by atoms with E-state index in [1.54, 1.807) is 32.9 Å². The van der Waals surface area contributed by atoms with Crippen LogP contribution in [0.4, 0.5) is 0 Å². The van der Waals surface area contributed by atoms with Crippen molar-refractivity contribution in [3.63, 3.8) is 0 Å². The molecule has 0 spiro atoms. The van der Waals surface area contributed by atoms with Crippen LogP contribution >= 0.6 is 0 Å². The first-order valence-corrected chi connectivity index (χ1v) is 6.45. The van der Waals surface area contributed by atoms with Gasteiger partial charge in [0, 0.05) is 0 Å². The van der Waals surface area contributed by atoms with Crippen LogP contribution in [0.1, 0.15) is 34.1 Å². The second-order valence-corrected chi connectivity index (χ2v) is 6.37. The summed E-state index contributed by atoms with van der Waals surface area (Å²) < 4.78 is 28.6. The molecule has 0 aromatic heterocycles. The van der Waals surface area contributed by atoms with Gasteiger partial charge in [-0.1, -0.05) is 19.1 Å². The van der Waals surface area contributed by atoms with Crippen LogP contribution in [0.25, 0.3) is 0 Å². The average molecular weight is 230 g/mol. The summed E-state index contributed by atoms with van der Waals surface area (Å²) in [6.45, 7) is 7.21. The molecule has 15 heavy (non-hydrogen) atoms. The third-order valence-electron chi connectivity index (χ3n) is 1.93. The molecule has 0 saturated heterocycles. The second-order valence-electron chi connectivity index (χ2n) is 4.83.